The molecule has 11 nitrogen and oxygen atoms in total. The smallest absolute Gasteiger partial charge is 0.243 e. The molecule has 0 radical (unpaired) electrons. The van der Waals surface area contributed by atoms with Crippen molar-refractivity contribution in [1.29, 1.82) is 0 Å². The van der Waals surface area contributed by atoms with Crippen molar-refractivity contribution in [2.24, 2.45) is 5.92 Å². The maximum Gasteiger partial charge on any atom is 0.243 e. The Morgan fingerprint density at radius 2 is 1.72 bits per heavy atom. The highest BCUT2D eigenvalue weighted by Gasteiger charge is 2.38. The van der Waals surface area contributed by atoms with E-state index in [2.05, 4.69) is 31.8 Å². The number of hydrogen-bond donors (Lipinski definition) is 1. The van der Waals surface area contributed by atoms with E-state index in [1.54, 1.807) is 22.8 Å². The molecule has 0 aliphatic heterocycles. The summed E-state index contributed by atoms with van der Waals surface area (Å²) in [5, 5.41) is 7.88. The van der Waals surface area contributed by atoms with Crippen molar-refractivity contribution in [2.45, 2.75) is 44.0 Å². The van der Waals surface area contributed by atoms with Crippen LogP contribution in [-0.2, 0) is 14.8 Å². The lowest BCUT2D eigenvalue weighted by Crippen LogP contribution is -2.33. The van der Waals surface area contributed by atoms with E-state index in [1.165, 1.54) is 40.6 Å². The molecule has 0 saturated heterocycles. The molecule has 1 fully saturated rings. The predicted molar refractivity (Wildman–Crippen MR) is 134 cm³/mol. The Balaban J connectivity index is 1.78. The molecule has 0 spiro atoms. The minimum absolute atomic E-state index is 0.0191. The Bertz CT molecular complexity index is 1290. The van der Waals surface area contributed by atoms with E-state index in [0.29, 0.717) is 34.0 Å². The molecule has 194 valence electrons. The molecule has 2 heterocycles. The average Bonchev–Trinajstić information content (AvgIpc) is 3.24. The second-order valence-electron chi connectivity index (χ2n) is 8.66. The van der Waals surface area contributed by atoms with Crippen LogP contribution in [0.15, 0.2) is 30.6 Å². The first-order valence-corrected chi connectivity index (χ1v) is 13.3. The number of rotatable bonds is 10. The number of nitrogens with zero attached hydrogens (tertiary/aromatic N) is 5. The first-order valence-electron chi connectivity index (χ1n) is 11.4. The summed E-state index contributed by atoms with van der Waals surface area (Å²) in [4.78, 5) is 8.26. The number of ether oxygens (including phenoxy) is 3. The number of anilines is 1. The van der Waals surface area contributed by atoms with Gasteiger partial charge < -0.3 is 14.2 Å². The number of halogens is 1. The molecule has 0 amide bonds. The van der Waals surface area contributed by atoms with Crippen molar-refractivity contribution in [1.82, 2.24) is 24.7 Å². The molecular weight excluding hydrogens is 508 g/mol. The van der Waals surface area contributed by atoms with E-state index in [9.17, 15) is 8.42 Å². The standard InChI is InChI=1S/C23H29ClN6O5S/c1-13-9-10-16(13)22-27-28-23(30(22)19-17(33-3)7-6-8-18(19)34-4)29-36(31,32)14(2)20(35-5)21-25-11-15(24)12-26-21/h6-8,11-14,16,20H,9-10H2,1-5H3,(H,28,29)/t13-,14-,16+,20-/m0/s1. The zero-order chi connectivity index (χ0) is 26.0. The predicted octanol–water partition coefficient (Wildman–Crippen LogP) is 3.76. The van der Waals surface area contributed by atoms with E-state index in [0.717, 1.165) is 12.8 Å². The van der Waals surface area contributed by atoms with Crippen LogP contribution >= 0.6 is 11.6 Å². The molecule has 36 heavy (non-hydrogen) atoms. The van der Waals surface area contributed by atoms with Gasteiger partial charge in [-0.25, -0.2) is 18.4 Å². The molecule has 0 bridgehead atoms. The highest BCUT2D eigenvalue weighted by atomic mass is 35.5. The average molecular weight is 537 g/mol. The number of sulfonamides is 1. The Labute approximate surface area is 215 Å². The molecule has 1 aliphatic rings. The second-order valence-corrected chi connectivity index (χ2v) is 11.1. The molecule has 1 N–H and O–H groups in total. The fourth-order valence-corrected chi connectivity index (χ4v) is 5.51. The zero-order valence-electron chi connectivity index (χ0n) is 20.7. The quantitative estimate of drug-likeness (QED) is 0.411. The molecule has 4 atom stereocenters. The van der Waals surface area contributed by atoms with Gasteiger partial charge in [0, 0.05) is 25.4 Å². The molecule has 1 aliphatic carbocycles. The first-order chi connectivity index (χ1) is 17.2. The van der Waals surface area contributed by atoms with Gasteiger partial charge in [-0.3, -0.25) is 9.29 Å². The van der Waals surface area contributed by atoms with Crippen LogP contribution in [0, 0.1) is 5.92 Å². The fourth-order valence-electron chi connectivity index (χ4n) is 4.28. The monoisotopic (exact) mass is 536 g/mol. The second kappa shape index (κ2) is 10.6. The van der Waals surface area contributed by atoms with Gasteiger partial charge in [0.2, 0.25) is 16.0 Å². The minimum Gasteiger partial charge on any atom is -0.494 e. The molecule has 13 heteroatoms. The van der Waals surface area contributed by atoms with Gasteiger partial charge in [-0.1, -0.05) is 24.6 Å². The first kappa shape index (κ1) is 26.1. The van der Waals surface area contributed by atoms with Gasteiger partial charge in [-0.05, 0) is 37.8 Å². The van der Waals surface area contributed by atoms with Crippen LogP contribution in [-0.4, -0.2) is 59.7 Å². The Kier molecular flexibility index (Phi) is 7.67. The van der Waals surface area contributed by atoms with Crippen molar-refractivity contribution in [3.63, 3.8) is 0 Å². The normalized spacial score (nSPS) is 19.3. The third-order valence-corrected chi connectivity index (χ3v) is 8.45. The topological polar surface area (TPSA) is 130 Å². The van der Waals surface area contributed by atoms with Crippen LogP contribution in [0.1, 0.15) is 50.4 Å². The Morgan fingerprint density at radius 1 is 1.08 bits per heavy atom. The van der Waals surface area contributed by atoms with Gasteiger partial charge in [-0.15, -0.1) is 10.2 Å². The van der Waals surface area contributed by atoms with Gasteiger partial charge in [0.25, 0.3) is 0 Å². The van der Waals surface area contributed by atoms with Gasteiger partial charge in [0.1, 0.15) is 34.4 Å². The minimum atomic E-state index is -4.06. The van der Waals surface area contributed by atoms with Crippen LogP contribution in [0.3, 0.4) is 0 Å². The number of methoxy groups -OCH3 is 3. The number of benzene rings is 1. The lowest BCUT2D eigenvalue weighted by Gasteiger charge is -2.33. The van der Waals surface area contributed by atoms with Crippen molar-refractivity contribution in [3.8, 4) is 17.2 Å². The SMILES string of the molecule is COc1cccc(OC)c1-n1c(NS(=O)(=O)[C@@H](C)[C@H](OC)c2ncc(Cl)cn2)nnc1[C@@H]1CC[C@@H]1C. The summed E-state index contributed by atoms with van der Waals surface area (Å²) in [6, 6.07) is 5.33. The van der Waals surface area contributed by atoms with Crippen molar-refractivity contribution in [2.75, 3.05) is 26.1 Å². The maximum atomic E-state index is 13.5. The van der Waals surface area contributed by atoms with Crippen LogP contribution < -0.4 is 14.2 Å². The molecule has 3 aromatic rings. The van der Waals surface area contributed by atoms with Crippen LogP contribution in [0.2, 0.25) is 5.02 Å². The molecule has 2 aromatic heterocycles. The van der Waals surface area contributed by atoms with Crippen LogP contribution in [0.5, 0.6) is 11.5 Å². The number of aromatic nitrogens is 5. The summed E-state index contributed by atoms with van der Waals surface area (Å²) in [5.74, 6) is 2.29. The lowest BCUT2D eigenvalue weighted by atomic mass is 9.74. The summed E-state index contributed by atoms with van der Waals surface area (Å²) >= 11 is 5.88. The van der Waals surface area contributed by atoms with Gasteiger partial charge in [0.15, 0.2) is 5.82 Å². The van der Waals surface area contributed by atoms with Crippen LogP contribution in [0.4, 0.5) is 5.95 Å². The third-order valence-electron chi connectivity index (χ3n) is 6.56. The summed E-state index contributed by atoms with van der Waals surface area (Å²) in [6.45, 7) is 3.64. The Hall–Kier alpha value is -2.96. The molecule has 1 aromatic carbocycles. The third kappa shape index (κ3) is 4.84. The molecule has 1 saturated carbocycles. The Morgan fingerprint density at radius 3 is 2.22 bits per heavy atom. The summed E-state index contributed by atoms with van der Waals surface area (Å²) in [5.41, 5.74) is 0.510. The van der Waals surface area contributed by atoms with E-state index in [4.69, 9.17) is 25.8 Å². The zero-order valence-corrected chi connectivity index (χ0v) is 22.2. The summed E-state index contributed by atoms with van der Waals surface area (Å²) < 4.78 is 48.0. The highest BCUT2D eigenvalue weighted by Crippen LogP contribution is 2.45. The van der Waals surface area contributed by atoms with Gasteiger partial charge in [-0.2, -0.15) is 0 Å². The van der Waals surface area contributed by atoms with Gasteiger partial charge >= 0.3 is 0 Å². The van der Waals surface area contributed by atoms with Crippen molar-refractivity contribution < 1.29 is 22.6 Å². The molecule has 0 unspecified atom stereocenters. The van der Waals surface area contributed by atoms with E-state index < -0.39 is 21.4 Å². The maximum absolute atomic E-state index is 13.5. The van der Waals surface area contributed by atoms with E-state index >= 15 is 0 Å². The number of para-hydroxylation sites is 1. The summed E-state index contributed by atoms with van der Waals surface area (Å²) in [6.07, 6.45) is 3.79. The van der Waals surface area contributed by atoms with Gasteiger partial charge in [0.05, 0.1) is 19.2 Å². The molecular formula is C23H29ClN6O5S. The van der Waals surface area contributed by atoms with E-state index in [-0.39, 0.29) is 17.7 Å². The molecule has 4 rings (SSSR count). The van der Waals surface area contributed by atoms with Crippen LogP contribution in [0.25, 0.3) is 5.69 Å². The highest BCUT2D eigenvalue weighted by molar-refractivity contribution is 7.93. The fraction of sp³-hybridized carbons (Fsp3) is 0.478. The van der Waals surface area contributed by atoms with E-state index in [1.807, 2.05) is 0 Å². The number of hydrogen-bond acceptors (Lipinski definition) is 9. The lowest BCUT2D eigenvalue weighted by molar-refractivity contribution is 0.0950. The van der Waals surface area contributed by atoms with Crippen molar-refractivity contribution in [3.05, 3.63) is 47.3 Å². The summed E-state index contributed by atoms with van der Waals surface area (Å²) in [7, 11) is 0.410. The largest absolute Gasteiger partial charge is 0.494 e. The number of nitrogens with one attached hydrogen (secondary N) is 1. The van der Waals surface area contributed by atoms with Crippen molar-refractivity contribution >= 4 is 27.6 Å².